The van der Waals surface area contributed by atoms with Crippen molar-refractivity contribution >= 4 is 0 Å². The topological polar surface area (TPSA) is 60.2 Å². The molecule has 0 saturated heterocycles. The molecule has 0 atom stereocenters. The highest BCUT2D eigenvalue weighted by Gasteiger charge is 2.29. The summed E-state index contributed by atoms with van der Waals surface area (Å²) < 4.78 is 45.0. The predicted octanol–water partition coefficient (Wildman–Crippen LogP) is 1.99. The smallest absolute Gasteiger partial charge is 0.364 e. The Balaban J connectivity index is 2.53. The molecule has 1 heterocycles. The van der Waals surface area contributed by atoms with E-state index in [9.17, 15) is 13.2 Å². The van der Waals surface area contributed by atoms with Gasteiger partial charge in [-0.1, -0.05) is 12.1 Å². The van der Waals surface area contributed by atoms with Crippen LogP contribution >= 0.6 is 0 Å². The van der Waals surface area contributed by atoms with Crippen LogP contribution in [0.5, 0.6) is 0 Å². The Morgan fingerprint density at radius 3 is 2.56 bits per heavy atom. The number of halogens is 3. The monoisotopic (exact) mass is 267 g/mol. The lowest BCUT2D eigenvalue weighted by Crippen LogP contribution is -2.36. The fourth-order valence-electron chi connectivity index (χ4n) is 1.34. The number of hydrogen-bond donors (Lipinski definition) is 1. The van der Waals surface area contributed by atoms with Crippen LogP contribution in [0.25, 0.3) is 0 Å². The van der Waals surface area contributed by atoms with Gasteiger partial charge in [-0.25, -0.2) is 0 Å². The molecule has 0 radical (unpaired) electrons. The van der Waals surface area contributed by atoms with Gasteiger partial charge in [-0.05, 0) is 20.4 Å². The molecule has 0 aliphatic rings. The molecule has 8 heteroatoms. The molecule has 0 bridgehead atoms. The van der Waals surface area contributed by atoms with Crippen molar-refractivity contribution in [2.45, 2.75) is 39.1 Å². The maximum atomic E-state index is 11.9. The van der Waals surface area contributed by atoms with Gasteiger partial charge in [0.1, 0.15) is 13.2 Å². The van der Waals surface area contributed by atoms with Gasteiger partial charge >= 0.3 is 6.18 Å². The summed E-state index contributed by atoms with van der Waals surface area (Å²) in [5.41, 5.74) is -0.524. The zero-order valence-corrected chi connectivity index (χ0v) is 10.5. The molecule has 1 aromatic heterocycles. The lowest BCUT2D eigenvalue weighted by Gasteiger charge is -2.20. The highest BCUT2D eigenvalue weighted by molar-refractivity contribution is 4.98. The maximum Gasteiger partial charge on any atom is 0.411 e. The largest absolute Gasteiger partial charge is 0.411 e. The molecular weight excluding hydrogens is 251 g/mol. The van der Waals surface area contributed by atoms with E-state index in [4.69, 9.17) is 4.52 Å². The van der Waals surface area contributed by atoms with E-state index in [1.807, 2.05) is 20.8 Å². The quantitative estimate of drug-likeness (QED) is 0.854. The zero-order valence-electron chi connectivity index (χ0n) is 10.5. The summed E-state index contributed by atoms with van der Waals surface area (Å²) in [6.45, 7) is 4.65. The first-order chi connectivity index (χ1) is 8.24. The van der Waals surface area contributed by atoms with E-state index in [-0.39, 0.29) is 12.4 Å². The minimum absolute atomic E-state index is 0.0974. The molecule has 0 aliphatic heterocycles. The van der Waals surface area contributed by atoms with E-state index in [0.717, 1.165) is 0 Å². The lowest BCUT2D eigenvalue weighted by atomic mass is 10.1. The second-order valence-electron chi connectivity index (χ2n) is 4.28. The molecule has 0 spiro atoms. The predicted molar refractivity (Wildman–Crippen MR) is 56.7 cm³/mol. The molecule has 0 aromatic carbocycles. The molecule has 0 aliphatic carbocycles. The fourth-order valence-corrected chi connectivity index (χ4v) is 1.34. The van der Waals surface area contributed by atoms with Crippen LogP contribution in [-0.2, 0) is 16.9 Å². The molecule has 0 unspecified atom stereocenters. The first kappa shape index (κ1) is 14.9. The van der Waals surface area contributed by atoms with E-state index >= 15 is 0 Å². The van der Waals surface area contributed by atoms with Gasteiger partial charge < -0.3 is 14.6 Å². The number of ether oxygens (including phenoxy) is 1. The van der Waals surface area contributed by atoms with Gasteiger partial charge in [-0.2, -0.15) is 18.2 Å². The number of nitrogens with zero attached hydrogens (tertiary/aromatic N) is 2. The molecular formula is C10H16F3N3O2. The van der Waals surface area contributed by atoms with Crippen LogP contribution in [0.2, 0.25) is 0 Å². The lowest BCUT2D eigenvalue weighted by molar-refractivity contribution is -0.177. The van der Waals surface area contributed by atoms with Gasteiger partial charge in [-0.3, -0.25) is 0 Å². The normalized spacial score (nSPS) is 13.0. The van der Waals surface area contributed by atoms with Gasteiger partial charge in [-0.15, -0.1) is 0 Å². The van der Waals surface area contributed by atoms with Crippen molar-refractivity contribution in [3.63, 3.8) is 0 Å². The summed E-state index contributed by atoms with van der Waals surface area (Å²) >= 11 is 0. The van der Waals surface area contributed by atoms with Gasteiger partial charge in [0.2, 0.25) is 5.89 Å². The van der Waals surface area contributed by atoms with Crippen LogP contribution in [0.4, 0.5) is 13.2 Å². The highest BCUT2D eigenvalue weighted by Crippen LogP contribution is 2.18. The van der Waals surface area contributed by atoms with E-state index in [0.29, 0.717) is 12.4 Å². The van der Waals surface area contributed by atoms with Gasteiger partial charge in [0.15, 0.2) is 5.82 Å². The Hall–Kier alpha value is -1.15. The van der Waals surface area contributed by atoms with Crippen LogP contribution in [0.15, 0.2) is 4.52 Å². The Labute approximate surface area is 103 Å². The first-order valence-electron chi connectivity index (χ1n) is 5.47. The standard InChI is InChI=1S/C10H16F3N3O2/c1-4-14-9(2,3)8-15-7(16-18-8)5-17-6-10(11,12)13/h14H,4-6H2,1-3H3. The summed E-state index contributed by atoms with van der Waals surface area (Å²) in [6.07, 6.45) is -4.35. The van der Waals surface area contributed by atoms with E-state index in [1.165, 1.54) is 0 Å². The third-order valence-corrected chi connectivity index (χ3v) is 2.12. The highest BCUT2D eigenvalue weighted by atomic mass is 19.4. The second kappa shape index (κ2) is 5.66. The molecule has 1 rings (SSSR count). The Kier molecular flexibility index (Phi) is 4.69. The fraction of sp³-hybridized carbons (Fsp3) is 0.800. The average Bonchev–Trinajstić information content (AvgIpc) is 2.65. The average molecular weight is 267 g/mol. The van der Waals surface area contributed by atoms with Crippen molar-refractivity contribution in [2.24, 2.45) is 0 Å². The van der Waals surface area contributed by atoms with Crippen LogP contribution in [0.1, 0.15) is 32.5 Å². The third kappa shape index (κ3) is 4.61. The number of hydrogen-bond acceptors (Lipinski definition) is 5. The molecule has 0 amide bonds. The van der Waals surface area contributed by atoms with Gasteiger partial charge in [0, 0.05) is 0 Å². The van der Waals surface area contributed by atoms with Crippen molar-refractivity contribution in [3.05, 3.63) is 11.7 Å². The SMILES string of the molecule is CCNC(C)(C)c1nc(COCC(F)(F)F)no1. The van der Waals surface area contributed by atoms with Crippen molar-refractivity contribution < 1.29 is 22.4 Å². The molecule has 1 N–H and O–H groups in total. The number of rotatable bonds is 6. The minimum atomic E-state index is -4.35. The summed E-state index contributed by atoms with van der Waals surface area (Å²) in [5, 5.41) is 6.68. The first-order valence-corrected chi connectivity index (χ1v) is 5.47. The summed E-state index contributed by atoms with van der Waals surface area (Å²) in [6, 6.07) is 0. The summed E-state index contributed by atoms with van der Waals surface area (Å²) in [7, 11) is 0. The summed E-state index contributed by atoms with van der Waals surface area (Å²) in [4.78, 5) is 3.99. The third-order valence-electron chi connectivity index (χ3n) is 2.12. The molecule has 18 heavy (non-hydrogen) atoms. The number of nitrogens with one attached hydrogen (secondary N) is 1. The van der Waals surface area contributed by atoms with E-state index in [1.54, 1.807) is 0 Å². The molecule has 104 valence electrons. The molecule has 0 fully saturated rings. The van der Waals surface area contributed by atoms with Crippen molar-refractivity contribution in [1.82, 2.24) is 15.5 Å². The van der Waals surface area contributed by atoms with E-state index in [2.05, 4.69) is 20.2 Å². The van der Waals surface area contributed by atoms with Crippen molar-refractivity contribution in [3.8, 4) is 0 Å². The zero-order chi connectivity index (χ0) is 13.8. The molecule has 1 aromatic rings. The second-order valence-corrected chi connectivity index (χ2v) is 4.28. The molecule has 0 saturated carbocycles. The van der Waals surface area contributed by atoms with Crippen LogP contribution in [-0.4, -0.2) is 29.5 Å². The van der Waals surface area contributed by atoms with Crippen molar-refractivity contribution in [2.75, 3.05) is 13.2 Å². The van der Waals surface area contributed by atoms with Crippen LogP contribution < -0.4 is 5.32 Å². The number of alkyl halides is 3. The minimum Gasteiger partial charge on any atom is -0.364 e. The van der Waals surface area contributed by atoms with Crippen LogP contribution in [0.3, 0.4) is 0 Å². The van der Waals surface area contributed by atoms with Crippen molar-refractivity contribution in [1.29, 1.82) is 0 Å². The van der Waals surface area contributed by atoms with Gasteiger partial charge in [0.05, 0.1) is 5.54 Å². The number of aromatic nitrogens is 2. The van der Waals surface area contributed by atoms with E-state index < -0.39 is 18.3 Å². The Morgan fingerprint density at radius 2 is 2.00 bits per heavy atom. The summed E-state index contributed by atoms with van der Waals surface area (Å²) in [5.74, 6) is 0.412. The van der Waals surface area contributed by atoms with Gasteiger partial charge in [0.25, 0.3) is 0 Å². The Bertz CT molecular complexity index is 377. The Morgan fingerprint density at radius 1 is 1.33 bits per heavy atom. The van der Waals surface area contributed by atoms with Crippen LogP contribution in [0, 0.1) is 0 Å². The maximum absolute atomic E-state index is 11.9. The molecule has 5 nitrogen and oxygen atoms in total.